The lowest BCUT2D eigenvalue weighted by molar-refractivity contribution is 0.200. The highest BCUT2D eigenvalue weighted by Gasteiger charge is 2.16. The predicted octanol–water partition coefficient (Wildman–Crippen LogP) is 1.76. The monoisotopic (exact) mass is 347 g/mol. The Morgan fingerprint density at radius 2 is 2.08 bits per heavy atom. The van der Waals surface area contributed by atoms with Gasteiger partial charge in [0.2, 0.25) is 0 Å². The van der Waals surface area contributed by atoms with Crippen LogP contribution in [0.1, 0.15) is 23.0 Å². The summed E-state index contributed by atoms with van der Waals surface area (Å²) in [4.78, 5) is 4.62. The number of rotatable bonds is 6. The van der Waals surface area contributed by atoms with Crippen LogP contribution in [0.2, 0.25) is 5.02 Å². The third-order valence-electron chi connectivity index (χ3n) is 3.72. The first-order chi connectivity index (χ1) is 11.6. The summed E-state index contributed by atoms with van der Waals surface area (Å²) in [5.41, 5.74) is 1.83. The van der Waals surface area contributed by atoms with Crippen molar-refractivity contribution < 1.29 is 4.74 Å². The molecule has 0 saturated carbocycles. The van der Waals surface area contributed by atoms with E-state index < -0.39 is 0 Å². The Hall–Kier alpha value is -2.32. The summed E-state index contributed by atoms with van der Waals surface area (Å²) in [5, 5.41) is 16.9. The van der Waals surface area contributed by atoms with E-state index in [2.05, 4.69) is 25.6 Å². The number of ether oxygens (including phenoxy) is 1. The standard InChI is InChI=1S/C15H18ClN7O/c1-10-12(16)5-4-6-13(10)23-15(9-22-11(2)18-20-21-22)17-14(19-23)7-8-24-3/h4-6H,7-9H2,1-3H3. The lowest BCUT2D eigenvalue weighted by atomic mass is 10.2. The van der Waals surface area contributed by atoms with Gasteiger partial charge in [-0.25, -0.2) is 14.3 Å². The van der Waals surface area contributed by atoms with Crippen molar-refractivity contribution in [2.24, 2.45) is 0 Å². The molecule has 0 N–H and O–H groups in total. The zero-order valence-corrected chi connectivity index (χ0v) is 14.5. The predicted molar refractivity (Wildman–Crippen MR) is 88.3 cm³/mol. The fourth-order valence-corrected chi connectivity index (χ4v) is 2.51. The molecule has 9 heteroatoms. The van der Waals surface area contributed by atoms with Crippen molar-refractivity contribution in [1.29, 1.82) is 0 Å². The Kier molecular flexibility index (Phi) is 4.86. The normalized spacial score (nSPS) is 11.2. The molecule has 3 aromatic rings. The molecule has 0 amide bonds. The van der Waals surface area contributed by atoms with E-state index in [4.69, 9.17) is 16.3 Å². The summed E-state index contributed by atoms with van der Waals surface area (Å²) < 4.78 is 8.60. The Morgan fingerprint density at radius 3 is 2.79 bits per heavy atom. The summed E-state index contributed by atoms with van der Waals surface area (Å²) in [6.07, 6.45) is 0.630. The molecule has 24 heavy (non-hydrogen) atoms. The first kappa shape index (κ1) is 16.5. The van der Waals surface area contributed by atoms with Crippen molar-refractivity contribution in [1.82, 2.24) is 35.0 Å². The van der Waals surface area contributed by atoms with Crippen molar-refractivity contribution in [3.63, 3.8) is 0 Å². The van der Waals surface area contributed by atoms with Crippen LogP contribution in [0.3, 0.4) is 0 Å². The summed E-state index contributed by atoms with van der Waals surface area (Å²) in [6, 6.07) is 5.72. The molecule has 0 bridgehead atoms. The largest absolute Gasteiger partial charge is 0.384 e. The van der Waals surface area contributed by atoms with Crippen molar-refractivity contribution in [2.75, 3.05) is 13.7 Å². The second-order valence-corrected chi connectivity index (χ2v) is 5.77. The summed E-state index contributed by atoms with van der Waals surface area (Å²) in [7, 11) is 1.66. The molecule has 0 radical (unpaired) electrons. The molecule has 0 aliphatic rings. The van der Waals surface area contributed by atoms with Gasteiger partial charge in [0.05, 0.1) is 12.3 Å². The molecule has 3 rings (SSSR count). The number of aryl methyl sites for hydroxylation is 1. The van der Waals surface area contributed by atoms with Crippen LogP contribution < -0.4 is 0 Å². The molecule has 1 aromatic carbocycles. The topological polar surface area (TPSA) is 83.5 Å². The number of nitrogens with zero attached hydrogens (tertiary/aromatic N) is 7. The van der Waals surface area contributed by atoms with Crippen molar-refractivity contribution in [3.8, 4) is 5.69 Å². The van der Waals surface area contributed by atoms with Gasteiger partial charge in [-0.05, 0) is 42.0 Å². The number of aromatic nitrogens is 7. The highest BCUT2D eigenvalue weighted by Crippen LogP contribution is 2.23. The van der Waals surface area contributed by atoms with Crippen LogP contribution in [0.15, 0.2) is 18.2 Å². The van der Waals surface area contributed by atoms with E-state index in [1.807, 2.05) is 32.0 Å². The molecule has 126 valence electrons. The molecular weight excluding hydrogens is 330 g/mol. The van der Waals surface area contributed by atoms with Crippen LogP contribution in [0, 0.1) is 13.8 Å². The molecule has 0 aliphatic heterocycles. The van der Waals surface area contributed by atoms with Crippen LogP contribution in [-0.4, -0.2) is 48.7 Å². The van der Waals surface area contributed by atoms with E-state index in [1.165, 1.54) is 0 Å². The maximum absolute atomic E-state index is 6.26. The second kappa shape index (κ2) is 7.06. The van der Waals surface area contributed by atoms with Crippen LogP contribution in [0.4, 0.5) is 0 Å². The van der Waals surface area contributed by atoms with E-state index >= 15 is 0 Å². The number of halogens is 1. The Balaban J connectivity index is 2.04. The molecule has 0 fully saturated rings. The van der Waals surface area contributed by atoms with Crippen LogP contribution in [-0.2, 0) is 17.7 Å². The van der Waals surface area contributed by atoms with Crippen LogP contribution >= 0.6 is 11.6 Å². The van der Waals surface area contributed by atoms with E-state index in [9.17, 15) is 0 Å². The zero-order chi connectivity index (χ0) is 17.1. The average molecular weight is 348 g/mol. The smallest absolute Gasteiger partial charge is 0.154 e. The first-order valence-electron chi connectivity index (χ1n) is 7.52. The highest BCUT2D eigenvalue weighted by molar-refractivity contribution is 6.31. The van der Waals surface area contributed by atoms with E-state index in [1.54, 1.807) is 16.5 Å². The van der Waals surface area contributed by atoms with Gasteiger partial charge in [0.15, 0.2) is 11.6 Å². The first-order valence-corrected chi connectivity index (χ1v) is 7.90. The number of hydrogen-bond donors (Lipinski definition) is 0. The third-order valence-corrected chi connectivity index (χ3v) is 4.13. The zero-order valence-electron chi connectivity index (χ0n) is 13.8. The number of methoxy groups -OCH3 is 1. The number of benzene rings is 1. The molecule has 2 aromatic heterocycles. The van der Waals surface area contributed by atoms with Crippen molar-refractivity contribution in [2.45, 2.75) is 26.8 Å². The Labute approximate surface area is 144 Å². The van der Waals surface area contributed by atoms with E-state index in [-0.39, 0.29) is 0 Å². The molecule has 0 unspecified atom stereocenters. The van der Waals surface area contributed by atoms with Gasteiger partial charge in [-0.2, -0.15) is 5.10 Å². The minimum Gasteiger partial charge on any atom is -0.384 e. The Morgan fingerprint density at radius 1 is 1.25 bits per heavy atom. The summed E-state index contributed by atoms with van der Waals surface area (Å²) in [6.45, 7) is 4.78. The van der Waals surface area contributed by atoms with Gasteiger partial charge >= 0.3 is 0 Å². The fourth-order valence-electron chi connectivity index (χ4n) is 2.34. The lowest BCUT2D eigenvalue weighted by Gasteiger charge is -2.10. The number of hydrogen-bond acceptors (Lipinski definition) is 6. The molecular formula is C15H18ClN7O. The van der Waals surface area contributed by atoms with Crippen LogP contribution in [0.25, 0.3) is 5.69 Å². The molecule has 0 aliphatic carbocycles. The maximum atomic E-state index is 6.26. The van der Waals surface area contributed by atoms with Crippen molar-refractivity contribution in [3.05, 3.63) is 46.3 Å². The van der Waals surface area contributed by atoms with Gasteiger partial charge in [-0.3, -0.25) is 0 Å². The Bertz CT molecular complexity index is 842. The molecule has 8 nitrogen and oxygen atoms in total. The third kappa shape index (κ3) is 3.29. The average Bonchev–Trinajstić information content (AvgIpc) is 3.15. The highest BCUT2D eigenvalue weighted by atomic mass is 35.5. The van der Waals surface area contributed by atoms with Gasteiger partial charge in [0.1, 0.15) is 12.4 Å². The van der Waals surface area contributed by atoms with Gasteiger partial charge in [0, 0.05) is 18.6 Å². The maximum Gasteiger partial charge on any atom is 0.154 e. The number of tetrazole rings is 1. The lowest BCUT2D eigenvalue weighted by Crippen LogP contribution is -2.12. The minimum absolute atomic E-state index is 0.421. The summed E-state index contributed by atoms with van der Waals surface area (Å²) in [5.74, 6) is 2.16. The summed E-state index contributed by atoms with van der Waals surface area (Å²) >= 11 is 6.26. The van der Waals surface area contributed by atoms with Gasteiger partial charge in [-0.1, -0.05) is 17.7 Å². The molecule has 0 atom stereocenters. The van der Waals surface area contributed by atoms with Gasteiger partial charge in [0.25, 0.3) is 0 Å². The van der Waals surface area contributed by atoms with Crippen LogP contribution in [0.5, 0.6) is 0 Å². The SMILES string of the molecule is COCCc1nc(Cn2nnnc2C)n(-c2cccc(Cl)c2C)n1. The molecule has 2 heterocycles. The molecule has 0 saturated heterocycles. The minimum atomic E-state index is 0.421. The van der Waals surface area contributed by atoms with E-state index in [0.29, 0.717) is 36.2 Å². The van der Waals surface area contributed by atoms with E-state index in [0.717, 1.165) is 17.1 Å². The van der Waals surface area contributed by atoms with Crippen molar-refractivity contribution >= 4 is 11.6 Å². The fraction of sp³-hybridized carbons (Fsp3) is 0.400. The quantitative estimate of drug-likeness (QED) is 0.675. The van der Waals surface area contributed by atoms with Gasteiger partial charge < -0.3 is 4.74 Å². The van der Waals surface area contributed by atoms with Gasteiger partial charge in [-0.15, -0.1) is 5.10 Å². The molecule has 0 spiro atoms. The second-order valence-electron chi connectivity index (χ2n) is 5.37.